The zero-order valence-electron chi connectivity index (χ0n) is 9.91. The van der Waals surface area contributed by atoms with E-state index in [0.717, 1.165) is 4.57 Å². The fraction of sp³-hybridized carbons (Fsp3) is 0.455. The van der Waals surface area contributed by atoms with E-state index in [1.165, 1.54) is 18.3 Å². The average molecular weight is 253 g/mol. The molecular weight excluding hydrogens is 238 g/mol. The van der Waals surface area contributed by atoms with Crippen molar-refractivity contribution in [2.75, 3.05) is 12.3 Å². The third-order valence-corrected chi connectivity index (χ3v) is 3.08. The van der Waals surface area contributed by atoms with Crippen LogP contribution in [0.2, 0.25) is 0 Å². The number of nitrogen functional groups attached to an aromatic ring is 1. The van der Waals surface area contributed by atoms with Gasteiger partial charge >= 0.3 is 5.69 Å². The Morgan fingerprint density at radius 3 is 2.89 bits per heavy atom. The molecule has 0 fully saturated rings. The Bertz CT molecular complexity index is 533. The Labute approximate surface area is 103 Å². The van der Waals surface area contributed by atoms with Gasteiger partial charge in [0.1, 0.15) is 11.9 Å². The van der Waals surface area contributed by atoms with E-state index in [9.17, 15) is 15.0 Å². The lowest BCUT2D eigenvalue weighted by atomic mass is 9.96. The molecule has 98 valence electrons. The molecule has 2 rings (SSSR count). The van der Waals surface area contributed by atoms with E-state index in [1.54, 1.807) is 6.92 Å². The van der Waals surface area contributed by atoms with Gasteiger partial charge in [-0.3, -0.25) is 0 Å². The maximum Gasteiger partial charge on any atom is 0.356 e. The second-order valence-corrected chi connectivity index (χ2v) is 4.13. The number of hydrogen-bond donors (Lipinski definition) is 3. The summed E-state index contributed by atoms with van der Waals surface area (Å²) in [6, 6.07) is 1.45. The number of nitrogens with two attached hydrogens (primary N) is 1. The molecule has 0 spiro atoms. The first-order valence-corrected chi connectivity index (χ1v) is 5.58. The molecule has 2 heterocycles. The zero-order valence-corrected chi connectivity index (χ0v) is 9.91. The molecule has 1 aliphatic rings. The topological polar surface area (TPSA) is 111 Å². The number of aliphatic hydroxyl groups is 2. The predicted molar refractivity (Wildman–Crippen MR) is 64.4 cm³/mol. The van der Waals surface area contributed by atoms with Crippen molar-refractivity contribution in [3.8, 4) is 0 Å². The lowest BCUT2D eigenvalue weighted by Gasteiger charge is -2.29. The Hall–Kier alpha value is -1.86. The van der Waals surface area contributed by atoms with Crippen molar-refractivity contribution in [2.45, 2.75) is 25.0 Å². The predicted octanol–water partition coefficient (Wildman–Crippen LogP) is -0.844. The second-order valence-electron chi connectivity index (χ2n) is 4.13. The summed E-state index contributed by atoms with van der Waals surface area (Å²) in [5, 5.41) is 19.2. The number of aliphatic hydroxyl groups excluding tert-OH is 2. The largest absolute Gasteiger partial charge is 0.466 e. The van der Waals surface area contributed by atoms with Gasteiger partial charge in [-0.2, -0.15) is 4.98 Å². The van der Waals surface area contributed by atoms with Gasteiger partial charge in [-0.05, 0) is 12.5 Å². The number of aromatic nitrogens is 2. The van der Waals surface area contributed by atoms with Gasteiger partial charge in [0.2, 0.25) is 5.88 Å². The summed E-state index contributed by atoms with van der Waals surface area (Å²) in [7, 11) is 0. The standard InChI is InChI=1S/C11H15N3O4/c1-2-11(6-15)7(16)5-9(18-11)14-4-3-8(12)13-10(14)17/h3-5,7,15-16H,2,6H2,1H3,(H2,12,13,17)/t7-,11+/m0/s1. The van der Waals surface area contributed by atoms with Crippen LogP contribution < -0.4 is 11.4 Å². The summed E-state index contributed by atoms with van der Waals surface area (Å²) < 4.78 is 6.64. The molecule has 7 nitrogen and oxygen atoms in total. The highest BCUT2D eigenvalue weighted by molar-refractivity contribution is 5.44. The number of nitrogens with zero attached hydrogens (tertiary/aromatic N) is 2. The van der Waals surface area contributed by atoms with Gasteiger partial charge in [0.15, 0.2) is 5.60 Å². The van der Waals surface area contributed by atoms with Crippen LogP contribution in [0.1, 0.15) is 13.3 Å². The first-order chi connectivity index (χ1) is 8.52. The van der Waals surface area contributed by atoms with Gasteiger partial charge in [-0.25, -0.2) is 9.36 Å². The van der Waals surface area contributed by atoms with Crippen molar-refractivity contribution in [3.05, 3.63) is 28.8 Å². The molecule has 0 bridgehead atoms. The van der Waals surface area contributed by atoms with E-state index in [4.69, 9.17) is 10.5 Å². The van der Waals surface area contributed by atoms with E-state index in [1.807, 2.05) is 0 Å². The maximum atomic E-state index is 11.6. The fourth-order valence-electron chi connectivity index (χ4n) is 1.82. The Balaban J connectivity index is 2.37. The molecule has 0 aliphatic carbocycles. The quantitative estimate of drug-likeness (QED) is 0.647. The van der Waals surface area contributed by atoms with Gasteiger partial charge in [0.25, 0.3) is 0 Å². The monoisotopic (exact) mass is 253 g/mol. The fourth-order valence-corrected chi connectivity index (χ4v) is 1.82. The van der Waals surface area contributed by atoms with E-state index in [-0.39, 0.29) is 18.3 Å². The van der Waals surface area contributed by atoms with Gasteiger partial charge < -0.3 is 20.7 Å². The number of rotatable bonds is 3. The molecule has 0 saturated carbocycles. The number of anilines is 1. The molecule has 18 heavy (non-hydrogen) atoms. The van der Waals surface area contributed by atoms with E-state index < -0.39 is 17.4 Å². The molecule has 1 aromatic heterocycles. The highest BCUT2D eigenvalue weighted by atomic mass is 16.5. The smallest absolute Gasteiger partial charge is 0.356 e. The van der Waals surface area contributed by atoms with Crippen molar-refractivity contribution in [1.82, 2.24) is 9.55 Å². The first kappa shape index (κ1) is 12.6. The number of hydrogen-bond acceptors (Lipinski definition) is 6. The van der Waals surface area contributed by atoms with Gasteiger partial charge in [-0.1, -0.05) is 6.92 Å². The summed E-state index contributed by atoms with van der Waals surface area (Å²) >= 11 is 0. The summed E-state index contributed by atoms with van der Waals surface area (Å²) in [4.78, 5) is 15.2. The zero-order chi connectivity index (χ0) is 13.3. The Kier molecular flexibility index (Phi) is 3.10. The number of ether oxygens (including phenoxy) is 1. The van der Waals surface area contributed by atoms with E-state index in [0.29, 0.717) is 6.42 Å². The molecule has 7 heteroatoms. The van der Waals surface area contributed by atoms with E-state index in [2.05, 4.69) is 4.98 Å². The third kappa shape index (κ3) is 1.87. The summed E-state index contributed by atoms with van der Waals surface area (Å²) in [5.41, 5.74) is 3.69. The maximum absolute atomic E-state index is 11.6. The van der Waals surface area contributed by atoms with Crippen LogP contribution in [0, 0.1) is 0 Å². The summed E-state index contributed by atoms with van der Waals surface area (Å²) in [6.45, 7) is 1.43. The molecule has 1 aromatic rings. The minimum atomic E-state index is -1.10. The summed E-state index contributed by atoms with van der Waals surface area (Å²) in [5.74, 6) is 0.259. The van der Waals surface area contributed by atoms with Crippen LogP contribution in [-0.4, -0.2) is 38.1 Å². The second kappa shape index (κ2) is 4.43. The van der Waals surface area contributed by atoms with Crippen LogP contribution >= 0.6 is 0 Å². The van der Waals surface area contributed by atoms with Crippen molar-refractivity contribution >= 4 is 11.7 Å². The van der Waals surface area contributed by atoms with Crippen LogP contribution in [0.3, 0.4) is 0 Å². The minimum Gasteiger partial charge on any atom is -0.466 e. The molecule has 1 aliphatic heterocycles. The lowest BCUT2D eigenvalue weighted by molar-refractivity contribution is -0.0715. The van der Waals surface area contributed by atoms with Crippen LogP contribution in [0.25, 0.3) is 5.88 Å². The molecule has 4 N–H and O–H groups in total. The molecule has 0 amide bonds. The van der Waals surface area contributed by atoms with Gasteiger partial charge in [0.05, 0.1) is 6.61 Å². The van der Waals surface area contributed by atoms with Crippen molar-refractivity contribution < 1.29 is 14.9 Å². The molecular formula is C11H15N3O4. The molecule has 2 atom stereocenters. The van der Waals surface area contributed by atoms with Crippen LogP contribution in [0.15, 0.2) is 23.1 Å². The van der Waals surface area contributed by atoms with Crippen molar-refractivity contribution in [1.29, 1.82) is 0 Å². The first-order valence-electron chi connectivity index (χ1n) is 5.58. The van der Waals surface area contributed by atoms with E-state index >= 15 is 0 Å². The van der Waals surface area contributed by atoms with Crippen LogP contribution in [0.5, 0.6) is 0 Å². The molecule has 0 saturated heterocycles. The highest BCUT2D eigenvalue weighted by Crippen LogP contribution is 2.32. The SMILES string of the molecule is CC[C@]1(CO)OC(n2ccc(N)nc2=O)=C[C@@H]1O. The van der Waals surface area contributed by atoms with Gasteiger partial charge in [0, 0.05) is 12.3 Å². The average Bonchev–Trinajstić information content (AvgIpc) is 2.67. The summed E-state index contributed by atoms with van der Waals surface area (Å²) in [6.07, 6.45) is 2.21. The van der Waals surface area contributed by atoms with Crippen molar-refractivity contribution in [2.24, 2.45) is 0 Å². The van der Waals surface area contributed by atoms with Crippen molar-refractivity contribution in [3.63, 3.8) is 0 Å². The lowest BCUT2D eigenvalue weighted by Crippen LogP contribution is -2.43. The molecule has 0 aromatic carbocycles. The van der Waals surface area contributed by atoms with Crippen LogP contribution in [0.4, 0.5) is 5.82 Å². The third-order valence-electron chi connectivity index (χ3n) is 3.08. The highest BCUT2D eigenvalue weighted by Gasteiger charge is 2.43. The normalized spacial score (nSPS) is 26.8. The van der Waals surface area contributed by atoms with Crippen LogP contribution in [-0.2, 0) is 4.74 Å². The molecule has 0 radical (unpaired) electrons. The molecule has 0 unspecified atom stereocenters. The van der Waals surface area contributed by atoms with Gasteiger partial charge in [-0.15, -0.1) is 0 Å². The Morgan fingerprint density at radius 1 is 1.67 bits per heavy atom. The minimum absolute atomic E-state index is 0.110. The Morgan fingerprint density at radius 2 is 2.39 bits per heavy atom.